The maximum absolute atomic E-state index is 12.6. The van der Waals surface area contributed by atoms with Crippen LogP contribution < -0.4 is 20.3 Å². The Hall–Kier alpha value is -3.92. The minimum Gasteiger partial charge on any atom is -0.497 e. The smallest absolute Gasteiger partial charge is 0.288 e. The summed E-state index contributed by atoms with van der Waals surface area (Å²) in [6.07, 6.45) is 1.45. The number of aromatic nitrogens is 1. The van der Waals surface area contributed by atoms with Crippen LogP contribution in [0.1, 0.15) is 20.8 Å². The molecule has 154 valence electrons. The molecule has 3 aromatic rings. The second-order valence-electron chi connectivity index (χ2n) is 5.99. The Morgan fingerprint density at radius 2 is 1.63 bits per heavy atom. The Bertz CT molecular complexity index is 1150. The van der Waals surface area contributed by atoms with E-state index in [1.807, 2.05) is 0 Å². The number of amides is 2. The molecular formula is C20H18N4O5S. The molecule has 1 heterocycles. The van der Waals surface area contributed by atoms with E-state index in [-0.39, 0.29) is 16.2 Å². The topological polar surface area (TPSA) is 126 Å². The van der Waals surface area contributed by atoms with Crippen LogP contribution in [0.5, 0.6) is 5.75 Å². The SMILES string of the molecule is COc1ccc(NS(=O)(=O)c2cccc(C(=O)NNC(=O)c3ccccn3)c2)cc1. The zero-order valence-corrected chi connectivity index (χ0v) is 16.6. The number of hydrogen-bond donors (Lipinski definition) is 3. The minimum atomic E-state index is -3.93. The van der Waals surface area contributed by atoms with Gasteiger partial charge in [0.2, 0.25) is 0 Å². The molecule has 0 atom stereocenters. The Morgan fingerprint density at radius 3 is 2.30 bits per heavy atom. The fraction of sp³-hybridized carbons (Fsp3) is 0.0500. The monoisotopic (exact) mass is 426 g/mol. The van der Waals surface area contributed by atoms with Crippen LogP contribution in [0.3, 0.4) is 0 Å². The first-order valence-electron chi connectivity index (χ1n) is 8.68. The lowest BCUT2D eigenvalue weighted by molar-refractivity contribution is 0.0844. The molecule has 2 amide bonds. The van der Waals surface area contributed by atoms with Crippen molar-refractivity contribution in [2.75, 3.05) is 11.8 Å². The van der Waals surface area contributed by atoms with Gasteiger partial charge in [-0.25, -0.2) is 8.42 Å². The van der Waals surface area contributed by atoms with Crippen molar-refractivity contribution in [1.29, 1.82) is 0 Å². The number of methoxy groups -OCH3 is 1. The average molecular weight is 426 g/mol. The maximum atomic E-state index is 12.6. The van der Waals surface area contributed by atoms with E-state index in [1.165, 1.54) is 43.6 Å². The van der Waals surface area contributed by atoms with Crippen molar-refractivity contribution < 1.29 is 22.7 Å². The third kappa shape index (κ3) is 5.11. The summed E-state index contributed by atoms with van der Waals surface area (Å²) < 4.78 is 32.7. The summed E-state index contributed by atoms with van der Waals surface area (Å²) in [5.41, 5.74) is 4.97. The number of sulfonamides is 1. The lowest BCUT2D eigenvalue weighted by Crippen LogP contribution is -2.42. The minimum absolute atomic E-state index is 0.0499. The van der Waals surface area contributed by atoms with Crippen molar-refractivity contribution in [3.63, 3.8) is 0 Å². The quantitative estimate of drug-likeness (QED) is 0.517. The predicted octanol–water partition coefficient (Wildman–Crippen LogP) is 1.97. The molecule has 9 nitrogen and oxygen atoms in total. The van der Waals surface area contributed by atoms with E-state index >= 15 is 0 Å². The van der Waals surface area contributed by atoms with Crippen LogP contribution in [0.25, 0.3) is 0 Å². The number of anilines is 1. The van der Waals surface area contributed by atoms with Gasteiger partial charge in [-0.15, -0.1) is 0 Å². The lowest BCUT2D eigenvalue weighted by Gasteiger charge is -2.11. The van der Waals surface area contributed by atoms with E-state index in [0.29, 0.717) is 11.4 Å². The van der Waals surface area contributed by atoms with Crippen LogP contribution in [-0.4, -0.2) is 32.3 Å². The van der Waals surface area contributed by atoms with Gasteiger partial charge >= 0.3 is 0 Å². The zero-order chi connectivity index (χ0) is 21.6. The van der Waals surface area contributed by atoms with E-state index in [4.69, 9.17) is 4.74 Å². The van der Waals surface area contributed by atoms with Crippen molar-refractivity contribution in [3.8, 4) is 5.75 Å². The number of ether oxygens (including phenoxy) is 1. The molecule has 0 unspecified atom stereocenters. The van der Waals surface area contributed by atoms with E-state index in [0.717, 1.165) is 0 Å². The van der Waals surface area contributed by atoms with Crippen molar-refractivity contribution >= 4 is 27.5 Å². The van der Waals surface area contributed by atoms with Gasteiger partial charge in [0.05, 0.1) is 12.0 Å². The average Bonchev–Trinajstić information content (AvgIpc) is 2.78. The predicted molar refractivity (Wildman–Crippen MR) is 109 cm³/mol. The standard InChI is InChI=1S/C20H18N4O5S/c1-29-16-10-8-15(9-11-16)24-30(27,28)17-6-4-5-14(13-17)19(25)22-23-20(26)18-7-2-3-12-21-18/h2-13,24H,1H3,(H,22,25)(H,23,26). The highest BCUT2D eigenvalue weighted by molar-refractivity contribution is 7.92. The van der Waals surface area contributed by atoms with Crippen molar-refractivity contribution in [2.24, 2.45) is 0 Å². The van der Waals surface area contributed by atoms with Crippen molar-refractivity contribution in [2.45, 2.75) is 4.90 Å². The number of carbonyl (C=O) groups excluding carboxylic acids is 2. The first kappa shape index (κ1) is 20.8. The number of pyridine rings is 1. The molecule has 0 saturated carbocycles. The molecule has 0 aliphatic carbocycles. The lowest BCUT2D eigenvalue weighted by atomic mass is 10.2. The number of rotatable bonds is 6. The number of benzene rings is 2. The largest absolute Gasteiger partial charge is 0.497 e. The fourth-order valence-corrected chi connectivity index (χ4v) is 3.53. The second kappa shape index (κ2) is 9.05. The molecule has 0 fully saturated rings. The Labute approximate surface area is 173 Å². The molecule has 0 radical (unpaired) electrons. The first-order chi connectivity index (χ1) is 14.4. The van der Waals surface area contributed by atoms with Gasteiger partial charge in [-0.3, -0.25) is 30.1 Å². The highest BCUT2D eigenvalue weighted by Gasteiger charge is 2.17. The maximum Gasteiger partial charge on any atom is 0.288 e. The number of nitrogens with zero attached hydrogens (tertiary/aromatic N) is 1. The molecule has 0 spiro atoms. The highest BCUT2D eigenvalue weighted by atomic mass is 32.2. The molecule has 0 saturated heterocycles. The summed E-state index contributed by atoms with van der Waals surface area (Å²) in [4.78, 5) is 28.0. The number of hydrazine groups is 1. The normalized spacial score (nSPS) is 10.7. The van der Waals surface area contributed by atoms with Crippen LogP contribution in [0.15, 0.2) is 77.8 Å². The van der Waals surface area contributed by atoms with E-state index < -0.39 is 21.8 Å². The summed E-state index contributed by atoms with van der Waals surface area (Å²) in [5, 5.41) is 0. The van der Waals surface area contributed by atoms with Gasteiger partial charge in [0.15, 0.2) is 0 Å². The summed E-state index contributed by atoms with van der Waals surface area (Å²) in [6.45, 7) is 0. The van der Waals surface area contributed by atoms with Crippen LogP contribution in [0.2, 0.25) is 0 Å². The molecule has 3 N–H and O–H groups in total. The molecule has 10 heteroatoms. The molecule has 0 aliphatic rings. The van der Waals surface area contributed by atoms with E-state index in [9.17, 15) is 18.0 Å². The van der Waals surface area contributed by atoms with Crippen molar-refractivity contribution in [1.82, 2.24) is 15.8 Å². The van der Waals surface area contributed by atoms with Crippen LogP contribution in [-0.2, 0) is 10.0 Å². The zero-order valence-electron chi connectivity index (χ0n) is 15.8. The van der Waals surface area contributed by atoms with Gasteiger partial charge in [0.1, 0.15) is 11.4 Å². The number of hydrogen-bond acceptors (Lipinski definition) is 6. The first-order valence-corrected chi connectivity index (χ1v) is 10.2. The second-order valence-corrected chi connectivity index (χ2v) is 7.67. The van der Waals surface area contributed by atoms with Gasteiger partial charge in [0, 0.05) is 17.4 Å². The molecule has 3 rings (SSSR count). The molecule has 1 aromatic heterocycles. The van der Waals surface area contributed by atoms with Crippen LogP contribution in [0.4, 0.5) is 5.69 Å². The summed E-state index contributed by atoms with van der Waals surface area (Å²) in [6, 6.07) is 16.5. The molecular weight excluding hydrogens is 408 g/mol. The van der Waals surface area contributed by atoms with Gasteiger partial charge < -0.3 is 4.74 Å². The van der Waals surface area contributed by atoms with Gasteiger partial charge in [0.25, 0.3) is 21.8 Å². The molecule has 30 heavy (non-hydrogen) atoms. The third-order valence-electron chi connectivity index (χ3n) is 3.94. The van der Waals surface area contributed by atoms with Gasteiger partial charge in [-0.1, -0.05) is 12.1 Å². The third-order valence-corrected chi connectivity index (χ3v) is 5.31. The summed E-state index contributed by atoms with van der Waals surface area (Å²) in [5.74, 6) is -0.695. The highest BCUT2D eigenvalue weighted by Crippen LogP contribution is 2.20. The fourth-order valence-electron chi connectivity index (χ4n) is 2.42. The van der Waals surface area contributed by atoms with E-state index in [1.54, 1.807) is 36.4 Å². The van der Waals surface area contributed by atoms with Gasteiger partial charge in [-0.2, -0.15) is 0 Å². The molecule has 2 aromatic carbocycles. The summed E-state index contributed by atoms with van der Waals surface area (Å²) >= 11 is 0. The van der Waals surface area contributed by atoms with Crippen molar-refractivity contribution in [3.05, 3.63) is 84.2 Å². The van der Waals surface area contributed by atoms with Crippen LogP contribution >= 0.6 is 0 Å². The number of carbonyl (C=O) groups is 2. The Morgan fingerprint density at radius 1 is 0.900 bits per heavy atom. The Balaban J connectivity index is 1.69. The Kier molecular flexibility index (Phi) is 6.28. The summed E-state index contributed by atoms with van der Waals surface area (Å²) in [7, 11) is -2.42. The van der Waals surface area contributed by atoms with Crippen LogP contribution in [0, 0.1) is 0 Å². The number of nitrogens with one attached hydrogen (secondary N) is 3. The van der Waals surface area contributed by atoms with Gasteiger partial charge in [-0.05, 0) is 54.6 Å². The molecule has 0 bridgehead atoms. The molecule has 0 aliphatic heterocycles. The van der Waals surface area contributed by atoms with E-state index in [2.05, 4.69) is 20.6 Å².